The molecule has 0 spiro atoms. The lowest BCUT2D eigenvalue weighted by atomic mass is 10.6. The van der Waals surface area contributed by atoms with E-state index in [0.717, 1.165) is 0 Å². The Morgan fingerprint density at radius 3 is 2.12 bits per heavy atom. The lowest BCUT2D eigenvalue weighted by Crippen LogP contribution is -2.27. The van der Waals surface area contributed by atoms with Crippen molar-refractivity contribution in [3.05, 3.63) is 0 Å². The van der Waals surface area contributed by atoms with Crippen molar-refractivity contribution in [3.63, 3.8) is 0 Å². The number of hydrogen-bond acceptors (Lipinski definition) is 3. The molecular weight excluding hydrogens is 122 g/mol. The number of aliphatic hydroxyl groups excluding tert-OH is 1. The molecule has 0 fully saturated rings. The van der Waals surface area contributed by atoms with Gasteiger partial charge in [-0.25, -0.2) is 0 Å². The van der Waals surface area contributed by atoms with Crippen LogP contribution in [0.25, 0.3) is 0 Å². The van der Waals surface area contributed by atoms with E-state index in [4.69, 9.17) is 5.11 Å². The Morgan fingerprint density at radius 1 is 1.62 bits per heavy atom. The summed E-state index contributed by atoms with van der Waals surface area (Å²) in [5.74, 6) is 0. The molecular formula is C5H13NOS. The topological polar surface area (TPSA) is 23.5 Å². The highest BCUT2D eigenvalue weighted by Gasteiger charge is 2.04. The molecule has 0 radical (unpaired) electrons. The van der Waals surface area contributed by atoms with Gasteiger partial charge in [0.05, 0.1) is 12.0 Å². The molecule has 0 aliphatic carbocycles. The summed E-state index contributed by atoms with van der Waals surface area (Å²) in [7, 11) is 3.91. The zero-order valence-electron chi connectivity index (χ0n) is 5.59. The molecule has 0 aliphatic rings. The van der Waals surface area contributed by atoms with Gasteiger partial charge >= 0.3 is 0 Å². The molecule has 8 heavy (non-hydrogen) atoms. The van der Waals surface area contributed by atoms with Gasteiger partial charge in [-0.15, -0.1) is 11.8 Å². The van der Waals surface area contributed by atoms with E-state index in [1.165, 1.54) is 0 Å². The first-order valence-corrected chi connectivity index (χ1v) is 3.81. The fourth-order valence-corrected chi connectivity index (χ4v) is 1.02. The van der Waals surface area contributed by atoms with Crippen molar-refractivity contribution in [3.8, 4) is 0 Å². The Balaban J connectivity index is 3.35. The van der Waals surface area contributed by atoms with Gasteiger partial charge in [-0.05, 0) is 20.4 Å². The summed E-state index contributed by atoms with van der Waals surface area (Å²) in [4.78, 5) is 1.99. The van der Waals surface area contributed by atoms with Gasteiger partial charge in [-0.1, -0.05) is 0 Å². The van der Waals surface area contributed by atoms with Crippen LogP contribution in [0.3, 0.4) is 0 Å². The van der Waals surface area contributed by atoms with Crippen LogP contribution in [0, 0.1) is 0 Å². The summed E-state index contributed by atoms with van der Waals surface area (Å²) >= 11 is 1.65. The Kier molecular flexibility index (Phi) is 4.32. The second-order valence-electron chi connectivity index (χ2n) is 1.84. The van der Waals surface area contributed by atoms with Gasteiger partial charge in [0.2, 0.25) is 0 Å². The largest absolute Gasteiger partial charge is 0.394 e. The summed E-state index contributed by atoms with van der Waals surface area (Å²) in [5.41, 5.74) is 0. The van der Waals surface area contributed by atoms with Gasteiger partial charge in [-0.3, -0.25) is 4.90 Å². The van der Waals surface area contributed by atoms with Crippen molar-refractivity contribution in [2.24, 2.45) is 0 Å². The minimum atomic E-state index is 0.230. The lowest BCUT2D eigenvalue weighted by Gasteiger charge is -2.18. The SMILES string of the molecule is CSC(CO)N(C)C. The van der Waals surface area contributed by atoms with Crippen LogP contribution in [-0.4, -0.2) is 42.3 Å². The molecule has 0 aromatic heterocycles. The first-order chi connectivity index (χ1) is 3.72. The van der Waals surface area contributed by atoms with Crippen LogP contribution < -0.4 is 0 Å². The van der Waals surface area contributed by atoms with Crippen LogP contribution in [0.4, 0.5) is 0 Å². The Bertz CT molecular complexity index is 54.4. The van der Waals surface area contributed by atoms with E-state index >= 15 is 0 Å². The van der Waals surface area contributed by atoms with Gasteiger partial charge in [0.15, 0.2) is 0 Å². The van der Waals surface area contributed by atoms with Gasteiger partial charge in [0.1, 0.15) is 0 Å². The van der Waals surface area contributed by atoms with Crippen LogP contribution in [0.1, 0.15) is 0 Å². The molecule has 1 N–H and O–H groups in total. The molecule has 3 heteroatoms. The quantitative estimate of drug-likeness (QED) is 0.560. The molecule has 1 atom stereocenters. The smallest absolute Gasteiger partial charge is 0.0783 e. The van der Waals surface area contributed by atoms with E-state index in [1.54, 1.807) is 11.8 Å². The van der Waals surface area contributed by atoms with E-state index in [2.05, 4.69) is 0 Å². The summed E-state index contributed by atoms with van der Waals surface area (Å²) in [6.45, 7) is 0.230. The monoisotopic (exact) mass is 135 g/mol. The number of thioether (sulfide) groups is 1. The maximum Gasteiger partial charge on any atom is 0.0783 e. The molecule has 0 amide bonds. The molecule has 0 aromatic carbocycles. The first-order valence-electron chi connectivity index (χ1n) is 2.52. The second-order valence-corrected chi connectivity index (χ2v) is 2.85. The minimum absolute atomic E-state index is 0.230. The third-order valence-corrected chi connectivity index (χ3v) is 2.12. The normalized spacial score (nSPS) is 14.6. The lowest BCUT2D eigenvalue weighted by molar-refractivity contribution is 0.223. The van der Waals surface area contributed by atoms with Crippen molar-refractivity contribution in [1.82, 2.24) is 4.90 Å². The van der Waals surface area contributed by atoms with E-state index in [1.807, 2.05) is 25.3 Å². The summed E-state index contributed by atoms with van der Waals surface area (Å²) in [5, 5.41) is 8.89. The van der Waals surface area contributed by atoms with Gasteiger partial charge < -0.3 is 5.11 Å². The Morgan fingerprint density at radius 2 is 2.12 bits per heavy atom. The number of rotatable bonds is 3. The van der Waals surface area contributed by atoms with Crippen molar-refractivity contribution in [2.75, 3.05) is 27.0 Å². The Hall–Kier alpha value is 0.270. The fraction of sp³-hybridized carbons (Fsp3) is 1.00. The van der Waals surface area contributed by atoms with E-state index < -0.39 is 0 Å². The van der Waals surface area contributed by atoms with Gasteiger partial charge in [-0.2, -0.15) is 0 Å². The molecule has 2 nitrogen and oxygen atoms in total. The third kappa shape index (κ3) is 2.55. The van der Waals surface area contributed by atoms with Crippen LogP contribution in [0.15, 0.2) is 0 Å². The number of nitrogens with zero attached hydrogens (tertiary/aromatic N) is 1. The van der Waals surface area contributed by atoms with E-state index in [-0.39, 0.29) is 12.0 Å². The van der Waals surface area contributed by atoms with Gasteiger partial charge in [0, 0.05) is 0 Å². The summed E-state index contributed by atoms with van der Waals surface area (Å²) < 4.78 is 0. The molecule has 1 unspecified atom stereocenters. The zero-order valence-corrected chi connectivity index (χ0v) is 6.40. The highest BCUT2D eigenvalue weighted by molar-refractivity contribution is 7.99. The number of aliphatic hydroxyl groups is 1. The van der Waals surface area contributed by atoms with Crippen molar-refractivity contribution in [1.29, 1.82) is 0 Å². The van der Waals surface area contributed by atoms with Gasteiger partial charge in [0.25, 0.3) is 0 Å². The average molecular weight is 135 g/mol. The van der Waals surface area contributed by atoms with Crippen molar-refractivity contribution >= 4 is 11.8 Å². The molecule has 0 rings (SSSR count). The molecule has 0 heterocycles. The Labute approximate surface area is 54.9 Å². The van der Waals surface area contributed by atoms with Crippen LogP contribution >= 0.6 is 11.8 Å². The summed E-state index contributed by atoms with van der Waals surface area (Å²) in [6.07, 6.45) is 1.99. The standard InChI is InChI=1S/C5H13NOS/c1-6(2)5(4-7)8-3/h5,7H,4H2,1-3H3. The maximum atomic E-state index is 8.63. The highest BCUT2D eigenvalue weighted by atomic mass is 32.2. The number of hydrogen-bond donors (Lipinski definition) is 1. The third-order valence-electron chi connectivity index (χ3n) is 1.00. The molecule has 0 aromatic rings. The molecule has 50 valence electrons. The summed E-state index contributed by atoms with van der Waals surface area (Å²) in [6, 6.07) is 0. The van der Waals surface area contributed by atoms with Crippen LogP contribution in [0.2, 0.25) is 0 Å². The van der Waals surface area contributed by atoms with Crippen LogP contribution in [0.5, 0.6) is 0 Å². The minimum Gasteiger partial charge on any atom is -0.394 e. The average Bonchev–Trinajstić information content (AvgIpc) is 1.69. The molecule has 0 bridgehead atoms. The van der Waals surface area contributed by atoms with Crippen molar-refractivity contribution < 1.29 is 5.11 Å². The van der Waals surface area contributed by atoms with Crippen molar-refractivity contribution in [2.45, 2.75) is 5.37 Å². The number of likely N-dealkylation sites (N-methyl/N-ethyl adjacent to an activating group) is 1. The second kappa shape index (κ2) is 4.18. The fourth-order valence-electron chi connectivity index (χ4n) is 0.449. The predicted molar refractivity (Wildman–Crippen MR) is 38.1 cm³/mol. The molecule has 0 aliphatic heterocycles. The predicted octanol–water partition coefficient (Wildman–Crippen LogP) is 0.229. The molecule has 0 saturated carbocycles. The maximum absolute atomic E-state index is 8.63. The first kappa shape index (κ1) is 8.27. The van der Waals surface area contributed by atoms with E-state index in [9.17, 15) is 0 Å². The molecule has 0 saturated heterocycles. The zero-order chi connectivity index (χ0) is 6.57. The van der Waals surface area contributed by atoms with Crippen LogP contribution in [-0.2, 0) is 0 Å². The van der Waals surface area contributed by atoms with E-state index in [0.29, 0.717) is 0 Å². The highest BCUT2D eigenvalue weighted by Crippen LogP contribution is 2.06.